The zero-order valence-corrected chi connectivity index (χ0v) is 11.3. The lowest BCUT2D eigenvalue weighted by molar-refractivity contribution is 0.493. The fourth-order valence-corrected chi connectivity index (χ4v) is 2.15. The molecule has 1 aromatic heterocycles. The summed E-state index contributed by atoms with van der Waals surface area (Å²) < 4.78 is 1.76. The summed E-state index contributed by atoms with van der Waals surface area (Å²) >= 11 is 1.90. The molecule has 5 heteroatoms. The summed E-state index contributed by atoms with van der Waals surface area (Å²) in [5.41, 5.74) is 1.08. The third-order valence-electron chi connectivity index (χ3n) is 2.46. The normalized spacial score (nSPS) is 12.9. The smallest absolute Gasteiger partial charge is 0.0842 e. The topological polar surface area (TPSA) is 42.7 Å². The van der Waals surface area contributed by atoms with Gasteiger partial charge in [-0.1, -0.05) is 12.1 Å². The fraction of sp³-hybridized carbons (Fsp3) is 0.818. The van der Waals surface area contributed by atoms with Gasteiger partial charge in [0.15, 0.2) is 0 Å². The molecule has 0 saturated heterocycles. The van der Waals surface area contributed by atoms with Gasteiger partial charge in [-0.05, 0) is 31.4 Å². The van der Waals surface area contributed by atoms with Crippen LogP contribution in [-0.4, -0.2) is 39.6 Å². The Morgan fingerprint density at radius 2 is 2.38 bits per heavy atom. The first kappa shape index (κ1) is 13.5. The first-order valence-corrected chi connectivity index (χ1v) is 7.23. The van der Waals surface area contributed by atoms with E-state index in [1.807, 2.05) is 25.0 Å². The second kappa shape index (κ2) is 7.68. The van der Waals surface area contributed by atoms with Gasteiger partial charge < -0.3 is 5.32 Å². The number of hydrogen-bond donors (Lipinski definition) is 1. The summed E-state index contributed by atoms with van der Waals surface area (Å²) in [5.74, 6) is 1.20. The molecule has 1 unspecified atom stereocenters. The molecule has 0 aliphatic rings. The Morgan fingerprint density at radius 1 is 1.56 bits per heavy atom. The molecular weight excluding hydrogens is 220 g/mol. The molecule has 0 aliphatic heterocycles. The third kappa shape index (κ3) is 4.99. The number of nitrogens with one attached hydrogen (secondary N) is 1. The summed E-state index contributed by atoms with van der Waals surface area (Å²) in [7, 11) is 1.91. The first-order valence-electron chi connectivity index (χ1n) is 5.83. The lowest BCUT2D eigenvalue weighted by Gasteiger charge is -2.16. The van der Waals surface area contributed by atoms with Crippen LogP contribution in [0.15, 0.2) is 6.20 Å². The van der Waals surface area contributed by atoms with Gasteiger partial charge in [-0.25, -0.2) is 0 Å². The van der Waals surface area contributed by atoms with Crippen LogP contribution in [0.3, 0.4) is 0 Å². The number of thioether (sulfide) groups is 1. The van der Waals surface area contributed by atoms with E-state index in [-0.39, 0.29) is 0 Å². The maximum absolute atomic E-state index is 4.14. The molecular formula is C11H22N4S. The van der Waals surface area contributed by atoms with Crippen molar-refractivity contribution in [2.24, 2.45) is 7.05 Å². The van der Waals surface area contributed by atoms with Crippen LogP contribution in [0.25, 0.3) is 0 Å². The molecule has 0 fully saturated rings. The van der Waals surface area contributed by atoms with Crippen molar-refractivity contribution in [2.45, 2.75) is 32.2 Å². The molecule has 1 heterocycles. The Bertz CT molecular complexity index is 279. The monoisotopic (exact) mass is 242 g/mol. The first-order chi connectivity index (χ1) is 7.76. The SMILES string of the molecule is CCCNC(CCSC)Cc1cn(C)nn1. The van der Waals surface area contributed by atoms with Crippen molar-refractivity contribution in [1.29, 1.82) is 0 Å². The molecule has 4 nitrogen and oxygen atoms in total. The summed E-state index contributed by atoms with van der Waals surface area (Å²) in [6.45, 7) is 3.28. The van der Waals surface area contributed by atoms with E-state index in [0.29, 0.717) is 6.04 Å². The highest BCUT2D eigenvalue weighted by atomic mass is 32.2. The maximum atomic E-state index is 4.14. The van der Waals surface area contributed by atoms with Crippen LogP contribution in [0.4, 0.5) is 0 Å². The Balaban J connectivity index is 2.41. The van der Waals surface area contributed by atoms with Crippen molar-refractivity contribution < 1.29 is 0 Å². The van der Waals surface area contributed by atoms with Crippen LogP contribution in [0.5, 0.6) is 0 Å². The molecule has 1 N–H and O–H groups in total. The van der Waals surface area contributed by atoms with Gasteiger partial charge in [-0.15, -0.1) is 5.10 Å². The van der Waals surface area contributed by atoms with E-state index in [2.05, 4.69) is 28.8 Å². The van der Waals surface area contributed by atoms with Gasteiger partial charge >= 0.3 is 0 Å². The van der Waals surface area contributed by atoms with Crippen LogP contribution in [0.1, 0.15) is 25.5 Å². The molecule has 0 saturated carbocycles. The van der Waals surface area contributed by atoms with Crippen molar-refractivity contribution in [1.82, 2.24) is 20.3 Å². The third-order valence-corrected chi connectivity index (χ3v) is 3.10. The quantitative estimate of drug-likeness (QED) is 0.750. The molecule has 1 rings (SSSR count). The molecule has 92 valence electrons. The molecule has 0 spiro atoms. The highest BCUT2D eigenvalue weighted by molar-refractivity contribution is 7.98. The summed E-state index contributed by atoms with van der Waals surface area (Å²) in [5, 5.41) is 11.7. The summed E-state index contributed by atoms with van der Waals surface area (Å²) in [4.78, 5) is 0. The minimum absolute atomic E-state index is 0.532. The largest absolute Gasteiger partial charge is 0.314 e. The Morgan fingerprint density at radius 3 is 2.94 bits per heavy atom. The van der Waals surface area contributed by atoms with Crippen molar-refractivity contribution >= 4 is 11.8 Å². The molecule has 1 aromatic rings. The zero-order valence-electron chi connectivity index (χ0n) is 10.4. The van der Waals surface area contributed by atoms with Gasteiger partial charge in [-0.2, -0.15) is 11.8 Å². The van der Waals surface area contributed by atoms with E-state index in [1.54, 1.807) is 4.68 Å². The van der Waals surface area contributed by atoms with Gasteiger partial charge in [0.05, 0.1) is 5.69 Å². The molecule has 0 aromatic carbocycles. The molecule has 0 amide bonds. The second-order valence-corrected chi connectivity index (χ2v) is 5.01. The Labute approximate surface area is 102 Å². The second-order valence-electron chi connectivity index (χ2n) is 4.02. The van der Waals surface area contributed by atoms with Crippen LogP contribution >= 0.6 is 11.8 Å². The molecule has 0 bridgehead atoms. The number of hydrogen-bond acceptors (Lipinski definition) is 4. The predicted molar refractivity (Wildman–Crippen MR) is 69.8 cm³/mol. The minimum Gasteiger partial charge on any atom is -0.314 e. The molecule has 16 heavy (non-hydrogen) atoms. The Kier molecular flexibility index (Phi) is 6.49. The molecule has 0 radical (unpaired) electrons. The predicted octanol–water partition coefficient (Wildman–Crippen LogP) is 1.48. The van der Waals surface area contributed by atoms with E-state index in [9.17, 15) is 0 Å². The lowest BCUT2D eigenvalue weighted by atomic mass is 10.1. The van der Waals surface area contributed by atoms with Crippen LogP contribution in [0.2, 0.25) is 0 Å². The molecule has 1 atom stereocenters. The van der Waals surface area contributed by atoms with Crippen molar-refractivity contribution in [2.75, 3.05) is 18.6 Å². The highest BCUT2D eigenvalue weighted by Crippen LogP contribution is 2.06. The summed E-state index contributed by atoms with van der Waals surface area (Å²) in [6, 6.07) is 0.532. The van der Waals surface area contributed by atoms with Gasteiger partial charge in [-0.3, -0.25) is 4.68 Å². The van der Waals surface area contributed by atoms with E-state index in [1.165, 1.54) is 18.6 Å². The van der Waals surface area contributed by atoms with Crippen LogP contribution in [0, 0.1) is 0 Å². The lowest BCUT2D eigenvalue weighted by Crippen LogP contribution is -2.32. The van der Waals surface area contributed by atoms with Crippen LogP contribution < -0.4 is 5.32 Å². The van der Waals surface area contributed by atoms with Gasteiger partial charge in [0.25, 0.3) is 0 Å². The van der Waals surface area contributed by atoms with Gasteiger partial charge in [0, 0.05) is 25.7 Å². The van der Waals surface area contributed by atoms with Gasteiger partial charge in [0.1, 0.15) is 0 Å². The van der Waals surface area contributed by atoms with Crippen molar-refractivity contribution in [3.63, 3.8) is 0 Å². The average Bonchev–Trinajstić information content (AvgIpc) is 2.68. The standard InChI is InChI=1S/C11H22N4S/c1-4-6-12-10(5-7-16-3)8-11-9-15(2)14-13-11/h9-10,12H,4-8H2,1-3H3. The van der Waals surface area contributed by atoms with Crippen molar-refractivity contribution in [3.05, 3.63) is 11.9 Å². The minimum atomic E-state index is 0.532. The average molecular weight is 242 g/mol. The number of rotatable bonds is 8. The van der Waals surface area contributed by atoms with E-state index < -0.39 is 0 Å². The van der Waals surface area contributed by atoms with Crippen molar-refractivity contribution in [3.8, 4) is 0 Å². The molecule has 0 aliphatic carbocycles. The number of aryl methyl sites for hydroxylation is 1. The highest BCUT2D eigenvalue weighted by Gasteiger charge is 2.10. The van der Waals surface area contributed by atoms with Gasteiger partial charge in [0.2, 0.25) is 0 Å². The van der Waals surface area contributed by atoms with E-state index in [4.69, 9.17) is 0 Å². The fourth-order valence-electron chi connectivity index (χ4n) is 1.63. The number of nitrogens with zero attached hydrogens (tertiary/aromatic N) is 3. The van der Waals surface area contributed by atoms with E-state index >= 15 is 0 Å². The van der Waals surface area contributed by atoms with Crippen LogP contribution in [-0.2, 0) is 13.5 Å². The number of aromatic nitrogens is 3. The maximum Gasteiger partial charge on any atom is 0.0842 e. The Hall–Kier alpha value is -0.550. The zero-order chi connectivity index (χ0) is 11.8. The van der Waals surface area contributed by atoms with E-state index in [0.717, 1.165) is 18.7 Å². The summed E-state index contributed by atoms with van der Waals surface area (Å²) in [6.07, 6.45) is 7.50.